The van der Waals surface area contributed by atoms with Crippen molar-refractivity contribution < 1.29 is 17.6 Å². The Morgan fingerprint density at radius 1 is 1.12 bits per heavy atom. The van der Waals surface area contributed by atoms with Gasteiger partial charge in [0.25, 0.3) is 5.91 Å². The Kier molecular flexibility index (Phi) is 5.10. The Morgan fingerprint density at radius 2 is 1.80 bits per heavy atom. The molecule has 134 valence electrons. The molecule has 8 heteroatoms. The van der Waals surface area contributed by atoms with Gasteiger partial charge in [-0.05, 0) is 43.3 Å². The van der Waals surface area contributed by atoms with E-state index in [9.17, 15) is 13.2 Å². The topological polar surface area (TPSA) is 82.9 Å². The predicted octanol–water partition coefficient (Wildman–Crippen LogP) is 2.00. The van der Waals surface area contributed by atoms with Crippen LogP contribution in [0.4, 0.5) is 11.4 Å². The number of furan rings is 1. The highest BCUT2D eigenvalue weighted by Crippen LogP contribution is 2.21. The Morgan fingerprint density at radius 3 is 2.36 bits per heavy atom. The fourth-order valence-electron chi connectivity index (χ4n) is 2.76. The summed E-state index contributed by atoms with van der Waals surface area (Å²) >= 11 is 0. The van der Waals surface area contributed by atoms with Crippen molar-refractivity contribution in [2.45, 2.75) is 6.92 Å². The van der Waals surface area contributed by atoms with Crippen molar-refractivity contribution in [2.75, 3.05) is 42.1 Å². The lowest BCUT2D eigenvalue weighted by Crippen LogP contribution is -2.49. The second-order valence-corrected chi connectivity index (χ2v) is 8.02. The Balaban J connectivity index is 1.59. The summed E-state index contributed by atoms with van der Waals surface area (Å²) in [5.74, 6) is 0.102. The van der Waals surface area contributed by atoms with E-state index in [-0.39, 0.29) is 17.4 Å². The Labute approximate surface area is 147 Å². The number of nitrogens with one attached hydrogen (secondary N) is 1. The van der Waals surface area contributed by atoms with Crippen LogP contribution in [0.1, 0.15) is 17.5 Å². The summed E-state index contributed by atoms with van der Waals surface area (Å²) in [5.41, 5.74) is 1.68. The van der Waals surface area contributed by atoms with E-state index in [0.29, 0.717) is 31.9 Å². The monoisotopic (exact) mass is 363 g/mol. The second kappa shape index (κ2) is 7.28. The fraction of sp³-hybridized carbons (Fsp3) is 0.353. The van der Waals surface area contributed by atoms with E-state index < -0.39 is 10.0 Å². The van der Waals surface area contributed by atoms with Crippen LogP contribution in [0.3, 0.4) is 0 Å². The number of hydrogen-bond donors (Lipinski definition) is 1. The molecule has 2 heterocycles. The normalized spacial score (nSPS) is 16.0. The number of sulfonamides is 1. The molecule has 0 unspecified atom stereocenters. The number of amides is 1. The van der Waals surface area contributed by atoms with Crippen molar-refractivity contribution in [3.05, 3.63) is 48.4 Å². The molecule has 3 rings (SSSR count). The summed E-state index contributed by atoms with van der Waals surface area (Å²) in [5, 5.41) is 2.77. The summed E-state index contributed by atoms with van der Waals surface area (Å²) in [6, 6.07) is 10.8. The third-order valence-corrected chi connectivity index (χ3v) is 6.11. The molecule has 0 spiro atoms. The third-order valence-electron chi connectivity index (χ3n) is 4.23. The number of anilines is 2. The van der Waals surface area contributed by atoms with Crippen LogP contribution >= 0.6 is 0 Å². The molecule has 2 aromatic rings. The van der Waals surface area contributed by atoms with Crippen LogP contribution < -0.4 is 10.2 Å². The highest BCUT2D eigenvalue weighted by molar-refractivity contribution is 7.89. The van der Waals surface area contributed by atoms with Crippen LogP contribution in [0, 0.1) is 0 Å². The zero-order valence-electron chi connectivity index (χ0n) is 14.0. The smallest absolute Gasteiger partial charge is 0.291 e. The first-order valence-electron chi connectivity index (χ1n) is 8.17. The molecule has 0 radical (unpaired) electrons. The van der Waals surface area contributed by atoms with Crippen molar-refractivity contribution >= 4 is 27.3 Å². The van der Waals surface area contributed by atoms with E-state index in [1.807, 2.05) is 24.3 Å². The maximum absolute atomic E-state index is 11.9. The maximum atomic E-state index is 11.9. The van der Waals surface area contributed by atoms with Gasteiger partial charge < -0.3 is 14.6 Å². The molecule has 25 heavy (non-hydrogen) atoms. The number of piperazine rings is 1. The zero-order chi connectivity index (χ0) is 17.9. The highest BCUT2D eigenvalue weighted by Gasteiger charge is 2.25. The van der Waals surface area contributed by atoms with Crippen LogP contribution in [0.2, 0.25) is 0 Å². The fourth-order valence-corrected chi connectivity index (χ4v) is 3.85. The summed E-state index contributed by atoms with van der Waals surface area (Å²) < 4.78 is 30.4. The van der Waals surface area contributed by atoms with Gasteiger partial charge in [0.15, 0.2) is 5.76 Å². The molecule has 0 atom stereocenters. The first-order chi connectivity index (χ1) is 12.0. The van der Waals surface area contributed by atoms with Gasteiger partial charge in [0, 0.05) is 37.6 Å². The lowest BCUT2D eigenvalue weighted by Gasteiger charge is -2.35. The summed E-state index contributed by atoms with van der Waals surface area (Å²) in [7, 11) is -3.12. The molecule has 0 aliphatic carbocycles. The van der Waals surface area contributed by atoms with Gasteiger partial charge >= 0.3 is 0 Å². The summed E-state index contributed by atoms with van der Waals surface area (Å²) in [6.07, 6.45) is 1.45. The molecule has 0 bridgehead atoms. The van der Waals surface area contributed by atoms with Crippen LogP contribution in [-0.2, 0) is 10.0 Å². The number of hydrogen-bond acceptors (Lipinski definition) is 5. The molecular formula is C17H21N3O4S. The lowest BCUT2D eigenvalue weighted by atomic mass is 10.2. The standard InChI is InChI=1S/C17H21N3O4S/c1-2-25(22,23)20-11-9-19(10-12-20)15-7-5-14(6-8-15)18-17(21)16-4-3-13-24-16/h3-8,13H,2,9-12H2,1H3,(H,18,21). The van der Waals surface area contributed by atoms with Gasteiger partial charge in [-0.3, -0.25) is 4.79 Å². The number of carbonyl (C=O) groups is 1. The van der Waals surface area contributed by atoms with Gasteiger partial charge in [-0.1, -0.05) is 0 Å². The molecule has 7 nitrogen and oxygen atoms in total. The zero-order valence-corrected chi connectivity index (χ0v) is 14.8. The van der Waals surface area contributed by atoms with Crippen molar-refractivity contribution in [1.29, 1.82) is 0 Å². The highest BCUT2D eigenvalue weighted by atomic mass is 32.2. The van der Waals surface area contributed by atoms with Gasteiger partial charge in [0.2, 0.25) is 10.0 Å². The van der Waals surface area contributed by atoms with E-state index in [4.69, 9.17) is 4.42 Å². The Hall–Kier alpha value is -2.32. The third kappa shape index (κ3) is 4.02. The van der Waals surface area contributed by atoms with Gasteiger partial charge in [0.1, 0.15) is 0 Å². The van der Waals surface area contributed by atoms with E-state index >= 15 is 0 Å². The lowest BCUT2D eigenvalue weighted by molar-refractivity contribution is 0.0996. The largest absolute Gasteiger partial charge is 0.459 e. The van der Waals surface area contributed by atoms with Crippen molar-refractivity contribution in [2.24, 2.45) is 0 Å². The van der Waals surface area contributed by atoms with E-state index in [1.165, 1.54) is 6.26 Å². The van der Waals surface area contributed by atoms with Gasteiger partial charge in [0.05, 0.1) is 12.0 Å². The van der Waals surface area contributed by atoms with Crippen LogP contribution in [0.15, 0.2) is 47.1 Å². The molecule has 1 aromatic carbocycles. The first kappa shape index (κ1) is 17.5. The number of carbonyl (C=O) groups excluding carboxylic acids is 1. The van der Waals surface area contributed by atoms with Gasteiger partial charge in [-0.15, -0.1) is 0 Å². The van der Waals surface area contributed by atoms with E-state index in [2.05, 4.69) is 10.2 Å². The summed E-state index contributed by atoms with van der Waals surface area (Å²) in [6.45, 7) is 3.95. The molecule has 1 aromatic heterocycles. The number of benzene rings is 1. The molecular weight excluding hydrogens is 342 g/mol. The molecule has 1 aliphatic rings. The number of nitrogens with zero attached hydrogens (tertiary/aromatic N) is 2. The van der Waals surface area contributed by atoms with Crippen molar-refractivity contribution in [3.63, 3.8) is 0 Å². The molecule has 1 saturated heterocycles. The Bertz CT molecular complexity index is 808. The second-order valence-electron chi connectivity index (χ2n) is 5.76. The number of rotatable bonds is 5. The van der Waals surface area contributed by atoms with Crippen molar-refractivity contribution in [3.8, 4) is 0 Å². The SMILES string of the molecule is CCS(=O)(=O)N1CCN(c2ccc(NC(=O)c3ccco3)cc2)CC1. The molecule has 1 amide bonds. The van der Waals surface area contributed by atoms with Crippen LogP contribution in [0.5, 0.6) is 0 Å². The minimum absolute atomic E-state index is 0.136. The van der Waals surface area contributed by atoms with Gasteiger partial charge in [-0.25, -0.2) is 8.42 Å². The maximum Gasteiger partial charge on any atom is 0.291 e. The van der Waals surface area contributed by atoms with Crippen LogP contribution in [0.25, 0.3) is 0 Å². The molecule has 1 aliphatic heterocycles. The van der Waals surface area contributed by atoms with Crippen molar-refractivity contribution in [1.82, 2.24) is 4.31 Å². The quantitative estimate of drug-likeness (QED) is 0.879. The van der Waals surface area contributed by atoms with Gasteiger partial charge in [-0.2, -0.15) is 4.31 Å². The first-order valence-corrected chi connectivity index (χ1v) is 9.78. The molecule has 0 saturated carbocycles. The average Bonchev–Trinajstić information content (AvgIpc) is 3.17. The predicted molar refractivity (Wildman–Crippen MR) is 96.4 cm³/mol. The molecule has 1 fully saturated rings. The molecule has 1 N–H and O–H groups in total. The van der Waals surface area contributed by atoms with Crippen LogP contribution in [-0.4, -0.2) is 50.6 Å². The van der Waals surface area contributed by atoms with E-state index in [1.54, 1.807) is 23.4 Å². The minimum atomic E-state index is -3.12. The average molecular weight is 363 g/mol. The summed E-state index contributed by atoms with van der Waals surface area (Å²) in [4.78, 5) is 14.1. The minimum Gasteiger partial charge on any atom is -0.459 e. The van der Waals surface area contributed by atoms with E-state index in [0.717, 1.165) is 5.69 Å².